The van der Waals surface area contributed by atoms with Crippen molar-refractivity contribution in [3.8, 4) is 5.82 Å². The van der Waals surface area contributed by atoms with Crippen molar-refractivity contribution in [2.75, 3.05) is 36.6 Å². The van der Waals surface area contributed by atoms with E-state index >= 15 is 0 Å². The van der Waals surface area contributed by atoms with Gasteiger partial charge in [-0.1, -0.05) is 6.07 Å². The maximum Gasteiger partial charge on any atom is 0.229 e. The fourth-order valence-corrected chi connectivity index (χ4v) is 2.72. The highest BCUT2D eigenvalue weighted by Gasteiger charge is 2.19. The fourth-order valence-electron chi connectivity index (χ4n) is 2.72. The highest BCUT2D eigenvalue weighted by Crippen LogP contribution is 2.24. The second-order valence-corrected chi connectivity index (χ2v) is 5.54. The summed E-state index contributed by atoms with van der Waals surface area (Å²) < 4.78 is 7.23. The summed E-state index contributed by atoms with van der Waals surface area (Å²) >= 11 is 0. The molecule has 0 atom stereocenters. The number of aromatic nitrogens is 5. The number of anilines is 2. The molecule has 1 aliphatic heterocycles. The number of hydrogen-bond donors (Lipinski definition) is 2. The molecule has 3 aromatic heterocycles. The first-order valence-corrected chi connectivity index (χ1v) is 7.74. The van der Waals surface area contributed by atoms with Gasteiger partial charge in [-0.05, 0) is 19.1 Å². The summed E-state index contributed by atoms with van der Waals surface area (Å²) in [6, 6.07) is 5.82. The lowest BCUT2D eigenvalue weighted by molar-refractivity contribution is 0.122. The Bertz CT molecular complexity index is 871. The Morgan fingerprint density at radius 2 is 2.00 bits per heavy atom. The van der Waals surface area contributed by atoms with Gasteiger partial charge in [-0.2, -0.15) is 9.97 Å². The topological polar surface area (TPSA) is 107 Å². The maximum atomic E-state index is 5.64. The second-order valence-electron chi connectivity index (χ2n) is 5.54. The summed E-state index contributed by atoms with van der Waals surface area (Å²) in [7, 11) is 0. The number of ether oxygens (including phenoxy) is 1. The van der Waals surface area contributed by atoms with E-state index in [1.165, 1.54) is 0 Å². The Labute approximate surface area is 138 Å². The highest BCUT2D eigenvalue weighted by molar-refractivity contribution is 5.85. The molecular formula is C15H18N8O. The molecule has 4 heterocycles. The third-order valence-corrected chi connectivity index (χ3v) is 3.94. The Morgan fingerprint density at radius 1 is 1.17 bits per heavy atom. The van der Waals surface area contributed by atoms with Gasteiger partial charge >= 0.3 is 0 Å². The standard InChI is InChI=1S/C15H18N8O/c1-10-3-2-4-11(18-10)23-9-17-12-13(21-16)19-15(20-14(12)23)22-5-7-24-8-6-22/h2-4,9H,5-8,16H2,1H3,(H,19,20,21). The summed E-state index contributed by atoms with van der Waals surface area (Å²) in [4.78, 5) is 20.2. The maximum absolute atomic E-state index is 5.64. The molecule has 4 rings (SSSR count). The zero-order valence-electron chi connectivity index (χ0n) is 13.3. The molecule has 1 aliphatic rings. The minimum Gasteiger partial charge on any atom is -0.378 e. The molecule has 9 heteroatoms. The molecule has 0 aromatic carbocycles. The predicted octanol–water partition coefficient (Wildman–Crippen LogP) is 0.641. The van der Waals surface area contributed by atoms with Gasteiger partial charge in [-0.25, -0.2) is 15.8 Å². The fraction of sp³-hybridized carbons (Fsp3) is 0.333. The van der Waals surface area contributed by atoms with Crippen molar-refractivity contribution in [3.05, 3.63) is 30.2 Å². The van der Waals surface area contributed by atoms with Gasteiger partial charge in [0.05, 0.1) is 13.2 Å². The van der Waals surface area contributed by atoms with Crippen LogP contribution in [0.3, 0.4) is 0 Å². The molecule has 0 amide bonds. The van der Waals surface area contributed by atoms with Gasteiger partial charge in [0.1, 0.15) is 12.1 Å². The number of hydrogen-bond acceptors (Lipinski definition) is 8. The van der Waals surface area contributed by atoms with Crippen LogP contribution in [0.1, 0.15) is 5.69 Å². The van der Waals surface area contributed by atoms with Crippen LogP contribution in [0.25, 0.3) is 17.0 Å². The summed E-state index contributed by atoms with van der Waals surface area (Å²) in [5, 5.41) is 0. The lowest BCUT2D eigenvalue weighted by Gasteiger charge is -2.27. The Kier molecular flexibility index (Phi) is 3.71. The largest absolute Gasteiger partial charge is 0.378 e. The van der Waals surface area contributed by atoms with Crippen LogP contribution in [-0.4, -0.2) is 50.8 Å². The first-order chi connectivity index (χ1) is 11.8. The van der Waals surface area contributed by atoms with E-state index < -0.39 is 0 Å². The number of nitrogen functional groups attached to an aromatic ring is 1. The van der Waals surface area contributed by atoms with Crippen LogP contribution in [0.2, 0.25) is 0 Å². The van der Waals surface area contributed by atoms with E-state index in [1.54, 1.807) is 6.33 Å². The molecule has 3 aromatic rings. The van der Waals surface area contributed by atoms with Crippen molar-refractivity contribution in [2.24, 2.45) is 5.84 Å². The van der Waals surface area contributed by atoms with E-state index in [0.29, 0.717) is 36.1 Å². The third kappa shape index (κ3) is 2.53. The van der Waals surface area contributed by atoms with E-state index in [4.69, 9.17) is 15.6 Å². The predicted molar refractivity (Wildman–Crippen MR) is 90.0 cm³/mol. The Balaban J connectivity index is 1.87. The lowest BCUT2D eigenvalue weighted by Crippen LogP contribution is -2.37. The number of aryl methyl sites for hydroxylation is 1. The van der Waals surface area contributed by atoms with E-state index in [-0.39, 0.29) is 0 Å². The third-order valence-electron chi connectivity index (χ3n) is 3.94. The van der Waals surface area contributed by atoms with Gasteiger partial charge in [0.2, 0.25) is 5.95 Å². The van der Waals surface area contributed by atoms with Crippen LogP contribution < -0.4 is 16.2 Å². The normalized spacial score (nSPS) is 15.0. The summed E-state index contributed by atoms with van der Waals surface area (Å²) in [5.74, 6) is 7.49. The van der Waals surface area contributed by atoms with Gasteiger partial charge in [-0.15, -0.1) is 0 Å². The molecule has 124 valence electrons. The molecule has 0 unspecified atom stereocenters. The number of imidazole rings is 1. The van der Waals surface area contributed by atoms with Gasteiger partial charge in [0.25, 0.3) is 0 Å². The van der Waals surface area contributed by atoms with Crippen molar-refractivity contribution in [1.29, 1.82) is 0 Å². The molecule has 1 fully saturated rings. The van der Waals surface area contributed by atoms with Crippen LogP contribution in [-0.2, 0) is 4.74 Å². The zero-order chi connectivity index (χ0) is 16.5. The molecule has 9 nitrogen and oxygen atoms in total. The molecule has 0 spiro atoms. The quantitative estimate of drug-likeness (QED) is 0.533. The van der Waals surface area contributed by atoms with Crippen LogP contribution in [0.15, 0.2) is 24.5 Å². The van der Waals surface area contributed by atoms with Gasteiger partial charge in [0, 0.05) is 18.8 Å². The molecule has 0 radical (unpaired) electrons. The Morgan fingerprint density at radius 3 is 2.75 bits per heavy atom. The van der Waals surface area contributed by atoms with Crippen molar-refractivity contribution < 1.29 is 4.74 Å². The molecule has 24 heavy (non-hydrogen) atoms. The van der Waals surface area contributed by atoms with E-state index in [1.807, 2.05) is 29.7 Å². The van der Waals surface area contributed by atoms with Gasteiger partial charge < -0.3 is 15.1 Å². The van der Waals surface area contributed by atoms with E-state index in [2.05, 4.69) is 25.3 Å². The number of nitrogens with zero attached hydrogens (tertiary/aromatic N) is 6. The average Bonchev–Trinajstić information content (AvgIpc) is 3.05. The van der Waals surface area contributed by atoms with Crippen molar-refractivity contribution in [3.63, 3.8) is 0 Å². The molecule has 0 saturated carbocycles. The number of fused-ring (bicyclic) bond motifs is 1. The number of pyridine rings is 1. The summed E-state index contributed by atoms with van der Waals surface area (Å²) in [5.41, 5.74) is 4.82. The first kappa shape index (κ1) is 14.8. The second kappa shape index (κ2) is 6.02. The Hall–Kier alpha value is -2.78. The summed E-state index contributed by atoms with van der Waals surface area (Å²) in [6.07, 6.45) is 1.69. The minimum absolute atomic E-state index is 0.493. The van der Waals surface area contributed by atoms with Crippen LogP contribution in [0.5, 0.6) is 0 Å². The van der Waals surface area contributed by atoms with Gasteiger partial charge in [-0.3, -0.25) is 4.57 Å². The molecule has 3 N–H and O–H groups in total. The van der Waals surface area contributed by atoms with Crippen molar-refractivity contribution >= 4 is 22.9 Å². The number of nitrogens with two attached hydrogens (primary N) is 1. The lowest BCUT2D eigenvalue weighted by atomic mass is 10.3. The molecule has 1 saturated heterocycles. The van der Waals surface area contributed by atoms with E-state index in [0.717, 1.165) is 24.6 Å². The van der Waals surface area contributed by atoms with Gasteiger partial charge in [0.15, 0.2) is 17.0 Å². The zero-order valence-corrected chi connectivity index (χ0v) is 13.3. The van der Waals surface area contributed by atoms with Crippen molar-refractivity contribution in [1.82, 2.24) is 24.5 Å². The molecule has 0 aliphatic carbocycles. The number of rotatable bonds is 3. The number of morpholine rings is 1. The summed E-state index contributed by atoms with van der Waals surface area (Å²) in [6.45, 7) is 4.75. The number of hydrazine groups is 1. The van der Waals surface area contributed by atoms with E-state index in [9.17, 15) is 0 Å². The molecule has 0 bridgehead atoms. The van der Waals surface area contributed by atoms with Crippen LogP contribution in [0.4, 0.5) is 11.8 Å². The van der Waals surface area contributed by atoms with Crippen LogP contribution >= 0.6 is 0 Å². The van der Waals surface area contributed by atoms with Crippen LogP contribution in [0, 0.1) is 6.92 Å². The molecular weight excluding hydrogens is 308 g/mol. The highest BCUT2D eigenvalue weighted by atomic mass is 16.5. The minimum atomic E-state index is 0.493. The first-order valence-electron chi connectivity index (χ1n) is 7.74. The number of nitrogens with one attached hydrogen (secondary N) is 1. The smallest absolute Gasteiger partial charge is 0.229 e. The van der Waals surface area contributed by atoms with Crippen molar-refractivity contribution in [2.45, 2.75) is 6.92 Å². The SMILES string of the molecule is Cc1cccc(-n2cnc3c(NN)nc(N4CCOCC4)nc32)n1. The monoisotopic (exact) mass is 326 g/mol. The average molecular weight is 326 g/mol.